The summed E-state index contributed by atoms with van der Waals surface area (Å²) in [6, 6.07) is 18.2. The van der Waals surface area contributed by atoms with Gasteiger partial charge in [0.1, 0.15) is 0 Å². The number of carbonyl (C=O) groups excluding carboxylic acids is 1. The van der Waals surface area contributed by atoms with Crippen LogP contribution in [0.5, 0.6) is 0 Å². The molecule has 0 saturated heterocycles. The first-order valence-corrected chi connectivity index (χ1v) is 12.9. The van der Waals surface area contributed by atoms with Gasteiger partial charge in [-0.25, -0.2) is 8.42 Å². The average molecular weight is 471 g/mol. The first kappa shape index (κ1) is 22.7. The fourth-order valence-corrected chi connectivity index (χ4v) is 5.97. The zero-order valence-corrected chi connectivity index (χ0v) is 19.3. The Hall–Kier alpha value is -2.52. The Morgan fingerprint density at radius 3 is 2.78 bits per heavy atom. The summed E-state index contributed by atoms with van der Waals surface area (Å²) >= 11 is 1.67. The molecule has 1 aliphatic rings. The predicted octanol–water partition coefficient (Wildman–Crippen LogP) is 3.83. The van der Waals surface area contributed by atoms with Crippen molar-refractivity contribution in [1.82, 2.24) is 9.62 Å². The lowest BCUT2D eigenvalue weighted by molar-refractivity contribution is 0.0934. The molecule has 6 nitrogen and oxygen atoms in total. The lowest BCUT2D eigenvalue weighted by Gasteiger charge is -2.26. The highest BCUT2D eigenvalue weighted by Crippen LogP contribution is 2.28. The van der Waals surface area contributed by atoms with Crippen LogP contribution in [0.1, 0.15) is 32.8 Å². The van der Waals surface area contributed by atoms with Gasteiger partial charge >= 0.3 is 0 Å². The molecule has 1 aliphatic heterocycles. The van der Waals surface area contributed by atoms with Crippen molar-refractivity contribution >= 4 is 27.3 Å². The minimum Gasteiger partial charge on any atom is -0.377 e. The molecule has 2 heterocycles. The summed E-state index contributed by atoms with van der Waals surface area (Å²) in [6.45, 7) is 2.36. The van der Waals surface area contributed by atoms with Gasteiger partial charge in [0.05, 0.1) is 11.5 Å². The second-order valence-electron chi connectivity index (χ2n) is 7.63. The number of sulfonamides is 1. The van der Waals surface area contributed by atoms with E-state index in [0.717, 1.165) is 17.5 Å². The molecular weight excluding hydrogens is 444 g/mol. The molecule has 0 atom stereocenters. The van der Waals surface area contributed by atoms with E-state index in [4.69, 9.17) is 4.74 Å². The van der Waals surface area contributed by atoms with Crippen molar-refractivity contribution in [1.29, 1.82) is 0 Å². The second-order valence-corrected chi connectivity index (χ2v) is 10.6. The largest absolute Gasteiger partial charge is 0.377 e. The van der Waals surface area contributed by atoms with E-state index in [-0.39, 0.29) is 10.8 Å². The molecule has 0 unspecified atom stereocenters. The van der Waals surface area contributed by atoms with Gasteiger partial charge in [-0.1, -0.05) is 36.4 Å². The Balaban J connectivity index is 1.29. The van der Waals surface area contributed by atoms with E-state index in [1.807, 2.05) is 41.8 Å². The van der Waals surface area contributed by atoms with Gasteiger partial charge in [-0.05, 0) is 53.6 Å². The van der Waals surface area contributed by atoms with E-state index < -0.39 is 10.0 Å². The summed E-state index contributed by atoms with van der Waals surface area (Å²) in [7, 11) is -3.66. The highest BCUT2D eigenvalue weighted by molar-refractivity contribution is 7.89. The van der Waals surface area contributed by atoms with Crippen LogP contribution in [-0.4, -0.2) is 38.3 Å². The normalized spacial score (nSPS) is 14.1. The van der Waals surface area contributed by atoms with Gasteiger partial charge in [0.25, 0.3) is 5.91 Å². The van der Waals surface area contributed by atoms with Gasteiger partial charge in [-0.2, -0.15) is 4.31 Å². The Labute approximate surface area is 192 Å². The number of thiophene rings is 1. The number of carbonyl (C=O) groups is 1. The van der Waals surface area contributed by atoms with Gasteiger partial charge in [0.15, 0.2) is 0 Å². The second kappa shape index (κ2) is 10.4. The SMILES string of the molecule is O=C(NCCCOCc1ccccc1)c1cccc(S(=O)(=O)N2CCc3sccc3C2)c1. The Bertz CT molecular complexity index is 1160. The van der Waals surface area contributed by atoms with Crippen molar-refractivity contribution < 1.29 is 17.9 Å². The number of benzene rings is 2. The monoisotopic (exact) mass is 470 g/mol. The summed E-state index contributed by atoms with van der Waals surface area (Å²) < 4.78 is 33.4. The number of ether oxygens (including phenoxy) is 1. The molecule has 1 aromatic heterocycles. The smallest absolute Gasteiger partial charge is 0.251 e. The number of nitrogens with one attached hydrogen (secondary N) is 1. The van der Waals surface area contributed by atoms with E-state index in [9.17, 15) is 13.2 Å². The first-order chi connectivity index (χ1) is 15.5. The third kappa shape index (κ3) is 5.45. The van der Waals surface area contributed by atoms with Crippen molar-refractivity contribution in [2.45, 2.75) is 30.9 Å². The van der Waals surface area contributed by atoms with Gasteiger partial charge in [0.2, 0.25) is 10.0 Å². The van der Waals surface area contributed by atoms with E-state index in [1.165, 1.54) is 15.2 Å². The lowest BCUT2D eigenvalue weighted by atomic mass is 10.1. The zero-order chi connectivity index (χ0) is 22.4. The maximum absolute atomic E-state index is 13.1. The molecule has 32 heavy (non-hydrogen) atoms. The van der Waals surface area contributed by atoms with Crippen molar-refractivity contribution in [3.63, 3.8) is 0 Å². The number of fused-ring (bicyclic) bond motifs is 1. The molecular formula is C24H26N2O4S2. The molecule has 0 fully saturated rings. The summed E-state index contributed by atoms with van der Waals surface area (Å²) in [4.78, 5) is 13.9. The van der Waals surface area contributed by atoms with Crippen LogP contribution in [0.25, 0.3) is 0 Å². The summed E-state index contributed by atoms with van der Waals surface area (Å²) in [5.74, 6) is -0.288. The minimum absolute atomic E-state index is 0.148. The number of rotatable bonds is 9. The van der Waals surface area contributed by atoms with E-state index in [1.54, 1.807) is 29.5 Å². The Morgan fingerprint density at radius 1 is 1.09 bits per heavy atom. The van der Waals surface area contributed by atoms with Gasteiger partial charge in [-0.15, -0.1) is 11.3 Å². The Morgan fingerprint density at radius 2 is 1.94 bits per heavy atom. The van der Waals surface area contributed by atoms with Gasteiger partial charge in [0, 0.05) is 36.7 Å². The van der Waals surface area contributed by atoms with Crippen LogP contribution in [0.4, 0.5) is 0 Å². The van der Waals surface area contributed by atoms with Crippen LogP contribution in [0.3, 0.4) is 0 Å². The number of hydrogen-bond acceptors (Lipinski definition) is 5. The maximum atomic E-state index is 13.1. The zero-order valence-electron chi connectivity index (χ0n) is 17.7. The van der Waals surface area contributed by atoms with Crippen molar-refractivity contribution in [3.05, 3.63) is 87.6 Å². The average Bonchev–Trinajstić information content (AvgIpc) is 3.30. The first-order valence-electron chi connectivity index (χ1n) is 10.6. The van der Waals surface area contributed by atoms with Crippen LogP contribution < -0.4 is 5.32 Å². The highest BCUT2D eigenvalue weighted by Gasteiger charge is 2.29. The molecule has 0 radical (unpaired) electrons. The standard InChI is InChI=1S/C24H26N2O4S2/c27-24(25-12-5-14-30-18-19-6-2-1-3-7-19)20-8-4-9-22(16-20)32(28,29)26-13-10-23-21(17-26)11-15-31-23/h1-4,6-9,11,15-16H,5,10,12-14,17-18H2,(H,25,27). The summed E-state index contributed by atoms with van der Waals surface area (Å²) in [6.07, 6.45) is 1.39. The molecule has 0 aliphatic carbocycles. The molecule has 1 N–H and O–H groups in total. The quantitative estimate of drug-likeness (QED) is 0.482. The molecule has 8 heteroatoms. The van der Waals surface area contributed by atoms with Crippen molar-refractivity contribution in [3.8, 4) is 0 Å². The number of nitrogens with zero attached hydrogens (tertiary/aromatic N) is 1. The highest BCUT2D eigenvalue weighted by atomic mass is 32.2. The van der Waals surface area contributed by atoms with E-state index in [0.29, 0.717) is 44.8 Å². The third-order valence-corrected chi connectivity index (χ3v) is 8.23. The molecule has 2 aromatic carbocycles. The maximum Gasteiger partial charge on any atom is 0.251 e. The molecule has 3 aromatic rings. The van der Waals surface area contributed by atoms with Crippen LogP contribution in [-0.2, 0) is 34.3 Å². The molecule has 1 amide bonds. The topological polar surface area (TPSA) is 75.7 Å². The van der Waals surface area contributed by atoms with Gasteiger partial charge < -0.3 is 10.1 Å². The Kier molecular flexibility index (Phi) is 7.36. The molecule has 168 valence electrons. The fourth-order valence-electron chi connectivity index (χ4n) is 3.62. The van der Waals surface area contributed by atoms with Crippen molar-refractivity contribution in [2.75, 3.05) is 19.7 Å². The lowest BCUT2D eigenvalue weighted by Crippen LogP contribution is -2.35. The number of hydrogen-bond donors (Lipinski definition) is 1. The summed E-state index contributed by atoms with van der Waals surface area (Å²) in [5, 5.41) is 4.84. The van der Waals surface area contributed by atoms with Crippen LogP contribution in [0.2, 0.25) is 0 Å². The van der Waals surface area contributed by atoms with Crippen LogP contribution >= 0.6 is 11.3 Å². The molecule has 0 saturated carbocycles. The van der Waals surface area contributed by atoms with E-state index >= 15 is 0 Å². The minimum atomic E-state index is -3.66. The fraction of sp³-hybridized carbons (Fsp3) is 0.292. The summed E-state index contributed by atoms with van der Waals surface area (Å²) in [5.41, 5.74) is 2.51. The van der Waals surface area contributed by atoms with Crippen LogP contribution in [0, 0.1) is 0 Å². The van der Waals surface area contributed by atoms with E-state index in [2.05, 4.69) is 5.32 Å². The van der Waals surface area contributed by atoms with Crippen LogP contribution in [0.15, 0.2) is 70.9 Å². The molecule has 0 bridgehead atoms. The molecule has 0 spiro atoms. The molecule has 4 rings (SSSR count). The van der Waals surface area contributed by atoms with Crippen molar-refractivity contribution in [2.24, 2.45) is 0 Å². The third-order valence-electron chi connectivity index (χ3n) is 5.37. The number of amides is 1. The van der Waals surface area contributed by atoms with Gasteiger partial charge in [-0.3, -0.25) is 4.79 Å². The predicted molar refractivity (Wildman–Crippen MR) is 125 cm³/mol.